The molecule has 2 N–H and O–H groups in total. The van der Waals surface area contributed by atoms with Gasteiger partial charge in [0.25, 0.3) is 0 Å². The topological polar surface area (TPSA) is 78.5 Å². The van der Waals surface area contributed by atoms with Gasteiger partial charge in [-0.2, -0.15) is 0 Å². The number of rotatable bonds is 4. The molecular formula is C21H21N3O3. The Morgan fingerprint density at radius 2 is 1.59 bits per heavy atom. The molecule has 6 heteroatoms. The third kappa shape index (κ3) is 3.69. The lowest BCUT2D eigenvalue weighted by atomic mass is 9.97. The molecule has 2 aromatic rings. The summed E-state index contributed by atoms with van der Waals surface area (Å²) in [5, 5.41) is 5.65. The van der Waals surface area contributed by atoms with E-state index in [1.165, 1.54) is 4.90 Å². The van der Waals surface area contributed by atoms with Gasteiger partial charge in [0.15, 0.2) is 0 Å². The van der Waals surface area contributed by atoms with E-state index in [0.29, 0.717) is 13.0 Å². The highest BCUT2D eigenvalue weighted by molar-refractivity contribution is 5.97. The Labute approximate surface area is 157 Å². The van der Waals surface area contributed by atoms with Gasteiger partial charge in [-0.15, -0.1) is 0 Å². The molecule has 138 valence electrons. The Balaban J connectivity index is 1.43. The van der Waals surface area contributed by atoms with Crippen LogP contribution in [0.25, 0.3) is 11.1 Å². The van der Waals surface area contributed by atoms with E-state index in [4.69, 9.17) is 0 Å². The van der Waals surface area contributed by atoms with Crippen LogP contribution < -0.4 is 10.6 Å². The van der Waals surface area contributed by atoms with Gasteiger partial charge < -0.3 is 10.6 Å². The van der Waals surface area contributed by atoms with Crippen molar-refractivity contribution in [3.63, 3.8) is 0 Å². The first-order valence-electron chi connectivity index (χ1n) is 9.13. The fourth-order valence-electron chi connectivity index (χ4n) is 3.65. The van der Waals surface area contributed by atoms with Gasteiger partial charge in [0.05, 0.1) is 12.5 Å². The molecular weight excluding hydrogens is 342 g/mol. The molecule has 2 atom stereocenters. The van der Waals surface area contributed by atoms with Gasteiger partial charge >= 0.3 is 6.03 Å². The summed E-state index contributed by atoms with van der Waals surface area (Å²) in [6.45, 7) is 0.795. The van der Waals surface area contributed by atoms with Crippen molar-refractivity contribution < 1.29 is 14.4 Å². The van der Waals surface area contributed by atoms with Gasteiger partial charge in [-0.3, -0.25) is 14.5 Å². The SMILES string of the molecule is O=C1CC(CN2C(=O)CC(c3ccc(-c4ccccc4)cc3)NC2=O)CN1. The van der Waals surface area contributed by atoms with Crippen LogP contribution in [-0.2, 0) is 9.59 Å². The van der Waals surface area contributed by atoms with Crippen LogP contribution in [0, 0.1) is 5.92 Å². The third-order valence-corrected chi connectivity index (χ3v) is 5.15. The zero-order valence-corrected chi connectivity index (χ0v) is 14.9. The molecule has 2 unspecified atom stereocenters. The van der Waals surface area contributed by atoms with Crippen LogP contribution in [0.3, 0.4) is 0 Å². The summed E-state index contributed by atoms with van der Waals surface area (Å²) in [4.78, 5) is 37.5. The Morgan fingerprint density at radius 3 is 2.22 bits per heavy atom. The van der Waals surface area contributed by atoms with E-state index < -0.39 is 0 Å². The van der Waals surface area contributed by atoms with Gasteiger partial charge in [-0.1, -0.05) is 54.6 Å². The lowest BCUT2D eigenvalue weighted by Gasteiger charge is -2.32. The molecule has 2 fully saturated rings. The normalized spacial score (nSPS) is 22.5. The molecule has 0 radical (unpaired) electrons. The summed E-state index contributed by atoms with van der Waals surface area (Å²) in [5.74, 6) is -0.231. The molecule has 0 aromatic heterocycles. The number of amides is 4. The highest BCUT2D eigenvalue weighted by atomic mass is 16.2. The molecule has 2 aromatic carbocycles. The Hall–Kier alpha value is -3.15. The molecule has 0 aliphatic carbocycles. The van der Waals surface area contributed by atoms with E-state index in [2.05, 4.69) is 10.6 Å². The van der Waals surface area contributed by atoms with E-state index in [9.17, 15) is 14.4 Å². The number of nitrogens with zero attached hydrogens (tertiary/aromatic N) is 1. The zero-order valence-electron chi connectivity index (χ0n) is 14.9. The fourth-order valence-corrected chi connectivity index (χ4v) is 3.65. The van der Waals surface area contributed by atoms with Crippen LogP contribution in [0.1, 0.15) is 24.4 Å². The standard InChI is InChI=1S/C21H21N3O3/c25-19-10-14(12-22-19)13-24-20(26)11-18(23-21(24)27)17-8-6-16(7-9-17)15-4-2-1-3-5-15/h1-9,14,18H,10-13H2,(H,22,25)(H,23,27). The quantitative estimate of drug-likeness (QED) is 0.876. The summed E-state index contributed by atoms with van der Waals surface area (Å²) in [7, 11) is 0. The minimum Gasteiger partial charge on any atom is -0.356 e. The van der Waals surface area contributed by atoms with Crippen molar-refractivity contribution in [2.45, 2.75) is 18.9 Å². The first-order chi connectivity index (χ1) is 13.1. The first kappa shape index (κ1) is 17.3. The smallest absolute Gasteiger partial charge is 0.324 e. The number of carbonyl (C=O) groups is 3. The van der Waals surface area contributed by atoms with Gasteiger partial charge in [0, 0.05) is 25.4 Å². The maximum absolute atomic E-state index is 12.5. The summed E-state index contributed by atoms with van der Waals surface area (Å²) >= 11 is 0. The highest BCUT2D eigenvalue weighted by Crippen LogP contribution is 2.26. The fraction of sp³-hybridized carbons (Fsp3) is 0.286. The minimum atomic E-state index is -0.386. The Bertz CT molecular complexity index is 846. The molecule has 0 bridgehead atoms. The summed E-state index contributed by atoms with van der Waals surface area (Å²) in [6, 6.07) is 17.2. The molecule has 6 nitrogen and oxygen atoms in total. The average molecular weight is 363 g/mol. The molecule has 2 aliphatic rings. The third-order valence-electron chi connectivity index (χ3n) is 5.15. The molecule has 0 spiro atoms. The number of benzene rings is 2. The predicted octanol–water partition coefficient (Wildman–Crippen LogP) is 2.47. The van der Waals surface area contributed by atoms with Crippen LogP contribution >= 0.6 is 0 Å². The second-order valence-corrected chi connectivity index (χ2v) is 7.07. The van der Waals surface area contributed by atoms with Gasteiger partial charge in [0.1, 0.15) is 0 Å². The van der Waals surface area contributed by atoms with E-state index in [-0.39, 0.29) is 42.8 Å². The largest absolute Gasteiger partial charge is 0.356 e. The predicted molar refractivity (Wildman–Crippen MR) is 101 cm³/mol. The molecule has 2 heterocycles. The van der Waals surface area contributed by atoms with Gasteiger partial charge in [-0.05, 0) is 16.7 Å². The van der Waals surface area contributed by atoms with Crippen LogP contribution in [0.4, 0.5) is 4.79 Å². The molecule has 4 rings (SSSR count). The number of nitrogens with one attached hydrogen (secondary N) is 2. The van der Waals surface area contributed by atoms with Crippen LogP contribution in [-0.4, -0.2) is 35.8 Å². The van der Waals surface area contributed by atoms with Gasteiger partial charge in [-0.25, -0.2) is 4.79 Å². The van der Waals surface area contributed by atoms with Crippen molar-refractivity contribution in [2.75, 3.05) is 13.1 Å². The van der Waals surface area contributed by atoms with E-state index in [1.54, 1.807) is 0 Å². The van der Waals surface area contributed by atoms with Gasteiger partial charge in [0.2, 0.25) is 11.8 Å². The maximum Gasteiger partial charge on any atom is 0.324 e. The van der Waals surface area contributed by atoms with Crippen molar-refractivity contribution in [1.82, 2.24) is 15.5 Å². The molecule has 2 aliphatic heterocycles. The first-order valence-corrected chi connectivity index (χ1v) is 9.13. The van der Waals surface area contributed by atoms with E-state index in [0.717, 1.165) is 16.7 Å². The van der Waals surface area contributed by atoms with E-state index in [1.807, 2.05) is 54.6 Å². The minimum absolute atomic E-state index is 0.00564. The summed E-state index contributed by atoms with van der Waals surface area (Å²) < 4.78 is 0. The summed E-state index contributed by atoms with van der Waals surface area (Å²) in [5.41, 5.74) is 3.13. The number of imide groups is 1. The lowest BCUT2D eigenvalue weighted by Crippen LogP contribution is -2.52. The van der Waals surface area contributed by atoms with Crippen molar-refractivity contribution in [1.29, 1.82) is 0 Å². The second-order valence-electron chi connectivity index (χ2n) is 7.07. The van der Waals surface area contributed by atoms with Crippen molar-refractivity contribution in [3.8, 4) is 11.1 Å². The Kier molecular flexibility index (Phi) is 4.62. The molecule has 2 saturated heterocycles. The zero-order chi connectivity index (χ0) is 18.8. The van der Waals surface area contributed by atoms with Crippen molar-refractivity contribution in [2.24, 2.45) is 5.92 Å². The maximum atomic E-state index is 12.5. The molecule has 27 heavy (non-hydrogen) atoms. The van der Waals surface area contributed by atoms with Crippen LogP contribution in [0.2, 0.25) is 0 Å². The van der Waals surface area contributed by atoms with Crippen LogP contribution in [0.5, 0.6) is 0 Å². The number of hydrogen-bond acceptors (Lipinski definition) is 3. The van der Waals surface area contributed by atoms with E-state index >= 15 is 0 Å². The number of carbonyl (C=O) groups excluding carboxylic acids is 3. The monoisotopic (exact) mass is 363 g/mol. The van der Waals surface area contributed by atoms with Crippen molar-refractivity contribution in [3.05, 3.63) is 60.2 Å². The lowest BCUT2D eigenvalue weighted by molar-refractivity contribution is -0.131. The highest BCUT2D eigenvalue weighted by Gasteiger charge is 2.35. The molecule has 0 saturated carbocycles. The number of urea groups is 1. The van der Waals surface area contributed by atoms with Crippen LogP contribution in [0.15, 0.2) is 54.6 Å². The summed E-state index contributed by atoms with van der Waals surface area (Å²) in [6.07, 6.45) is 0.589. The second kappa shape index (κ2) is 7.23. The molecule has 4 amide bonds. The van der Waals surface area contributed by atoms with Crippen molar-refractivity contribution >= 4 is 17.8 Å². The number of hydrogen-bond donors (Lipinski definition) is 2. The average Bonchev–Trinajstić information content (AvgIpc) is 3.10. The Morgan fingerprint density at radius 1 is 0.889 bits per heavy atom.